The van der Waals surface area contributed by atoms with E-state index in [9.17, 15) is 0 Å². The Labute approximate surface area is 117 Å². The fourth-order valence-electron chi connectivity index (χ4n) is 3.09. The van der Waals surface area contributed by atoms with Gasteiger partial charge in [-0.15, -0.1) is 0 Å². The van der Waals surface area contributed by atoms with Crippen LogP contribution in [0.1, 0.15) is 39.0 Å². The number of rotatable bonds is 2. The van der Waals surface area contributed by atoms with E-state index in [-0.39, 0.29) is 5.54 Å². The molecule has 1 saturated carbocycles. The molecule has 0 atom stereocenters. The molecule has 6 heteroatoms. The summed E-state index contributed by atoms with van der Waals surface area (Å²) in [4.78, 5) is 11.7. The van der Waals surface area contributed by atoms with Crippen LogP contribution in [0.4, 0.5) is 0 Å². The summed E-state index contributed by atoms with van der Waals surface area (Å²) in [5, 5.41) is 0. The van der Waals surface area contributed by atoms with Crippen LogP contribution in [0.25, 0.3) is 11.2 Å². The average molecular weight is 278 g/mol. The second-order valence-corrected chi connectivity index (χ2v) is 5.79. The lowest BCUT2D eigenvalue weighted by atomic mass is 9.83. The van der Waals surface area contributed by atoms with Crippen molar-refractivity contribution in [1.82, 2.24) is 19.5 Å². The smallest absolute Gasteiger partial charge is 0.242 e. The molecule has 0 radical (unpaired) electrons. The predicted octanol–water partition coefficient (Wildman–Crippen LogP) is 3.18. The highest BCUT2D eigenvalue weighted by Gasteiger charge is 2.31. The second-order valence-electron chi connectivity index (χ2n) is 5.40. The van der Waals surface area contributed by atoms with Crippen LogP contribution in [-0.4, -0.2) is 26.6 Å². The monoisotopic (exact) mass is 278 g/mol. The minimum atomic E-state index is 0.0486. The first-order valence-electron chi connectivity index (χ1n) is 6.66. The van der Waals surface area contributed by atoms with Crippen LogP contribution in [0, 0.1) is 4.77 Å². The third-order valence-corrected chi connectivity index (χ3v) is 4.39. The minimum absolute atomic E-state index is 0.0486. The largest absolute Gasteiger partial charge is 0.479 e. The van der Waals surface area contributed by atoms with Gasteiger partial charge in [0.05, 0.1) is 7.11 Å². The van der Waals surface area contributed by atoms with Gasteiger partial charge in [0, 0.05) is 5.54 Å². The van der Waals surface area contributed by atoms with E-state index in [4.69, 9.17) is 17.0 Å². The number of methoxy groups -OCH3 is 1. The molecule has 0 spiro atoms. The molecule has 0 amide bonds. The fraction of sp³-hybridized carbons (Fsp3) is 0.615. The molecule has 0 aliphatic heterocycles. The minimum Gasteiger partial charge on any atom is -0.479 e. The van der Waals surface area contributed by atoms with Crippen LogP contribution in [-0.2, 0) is 5.54 Å². The van der Waals surface area contributed by atoms with Gasteiger partial charge >= 0.3 is 0 Å². The topological polar surface area (TPSA) is 55.7 Å². The lowest BCUT2D eigenvalue weighted by molar-refractivity contribution is 0.221. The molecule has 2 aromatic heterocycles. The number of ether oxygens (including phenoxy) is 1. The standard InChI is InChI=1S/C13H18N4OS/c1-13(6-4-3-5-7-13)17-10-9(16-12(17)19)11(18-2)15-8-14-10/h8H,3-7H2,1-2H3,(H,16,19). The summed E-state index contributed by atoms with van der Waals surface area (Å²) < 4.78 is 8.13. The first-order valence-corrected chi connectivity index (χ1v) is 7.07. The summed E-state index contributed by atoms with van der Waals surface area (Å²) in [5.41, 5.74) is 1.69. The van der Waals surface area contributed by atoms with Gasteiger partial charge in [-0.25, -0.2) is 4.98 Å². The van der Waals surface area contributed by atoms with Gasteiger partial charge in [0.2, 0.25) is 5.88 Å². The maximum absolute atomic E-state index is 5.50. The van der Waals surface area contributed by atoms with Crippen molar-refractivity contribution >= 4 is 23.4 Å². The van der Waals surface area contributed by atoms with Crippen LogP contribution in [0.5, 0.6) is 5.88 Å². The van der Waals surface area contributed by atoms with Crippen molar-refractivity contribution < 1.29 is 4.74 Å². The predicted molar refractivity (Wildman–Crippen MR) is 76.0 cm³/mol. The van der Waals surface area contributed by atoms with Crippen molar-refractivity contribution in [2.75, 3.05) is 7.11 Å². The highest BCUT2D eigenvalue weighted by molar-refractivity contribution is 7.71. The summed E-state index contributed by atoms with van der Waals surface area (Å²) in [6.45, 7) is 2.27. The molecule has 0 unspecified atom stereocenters. The number of fused-ring (bicyclic) bond motifs is 1. The first kappa shape index (κ1) is 12.6. The Morgan fingerprint density at radius 2 is 2.05 bits per heavy atom. The van der Waals surface area contributed by atoms with Crippen LogP contribution in [0.3, 0.4) is 0 Å². The van der Waals surface area contributed by atoms with Gasteiger partial charge in [0.1, 0.15) is 11.8 Å². The summed E-state index contributed by atoms with van der Waals surface area (Å²) in [7, 11) is 1.61. The SMILES string of the molecule is COc1ncnc2c1[nH]c(=S)n2C1(C)CCCCC1. The van der Waals surface area contributed by atoms with E-state index in [1.807, 2.05) is 0 Å². The molecular weight excluding hydrogens is 260 g/mol. The summed E-state index contributed by atoms with van der Waals surface area (Å²) >= 11 is 5.50. The van der Waals surface area contributed by atoms with Gasteiger partial charge in [0.25, 0.3) is 0 Å². The van der Waals surface area contributed by atoms with Gasteiger partial charge in [-0.3, -0.25) is 4.57 Å². The molecule has 1 aliphatic carbocycles. The number of imidazole rings is 1. The molecule has 19 heavy (non-hydrogen) atoms. The van der Waals surface area contributed by atoms with Crippen LogP contribution in [0.2, 0.25) is 0 Å². The van der Waals surface area contributed by atoms with Crippen molar-refractivity contribution in [2.45, 2.75) is 44.6 Å². The molecule has 5 nitrogen and oxygen atoms in total. The molecule has 3 rings (SSSR count). The number of nitrogens with one attached hydrogen (secondary N) is 1. The van der Waals surface area contributed by atoms with Crippen molar-refractivity contribution in [3.63, 3.8) is 0 Å². The van der Waals surface area contributed by atoms with Crippen molar-refractivity contribution in [3.8, 4) is 5.88 Å². The third kappa shape index (κ3) is 1.94. The summed E-state index contributed by atoms with van der Waals surface area (Å²) in [6.07, 6.45) is 7.61. The first-order chi connectivity index (χ1) is 9.15. The van der Waals surface area contributed by atoms with Gasteiger partial charge in [0.15, 0.2) is 10.4 Å². The number of H-pyrrole nitrogens is 1. The number of hydrogen-bond donors (Lipinski definition) is 1. The van der Waals surface area contributed by atoms with E-state index in [2.05, 4.69) is 26.4 Å². The van der Waals surface area contributed by atoms with E-state index in [0.717, 1.165) is 24.0 Å². The quantitative estimate of drug-likeness (QED) is 0.857. The number of aromatic nitrogens is 4. The zero-order chi connectivity index (χ0) is 13.5. The molecule has 0 aromatic carbocycles. The summed E-state index contributed by atoms with van der Waals surface area (Å²) in [6, 6.07) is 0. The molecule has 102 valence electrons. The van der Waals surface area contributed by atoms with Crippen LogP contribution < -0.4 is 4.74 Å². The third-order valence-electron chi connectivity index (χ3n) is 4.10. The van der Waals surface area contributed by atoms with E-state index in [1.54, 1.807) is 7.11 Å². The lowest BCUT2D eigenvalue weighted by Gasteiger charge is -2.35. The zero-order valence-corrected chi connectivity index (χ0v) is 12.1. The molecule has 0 bridgehead atoms. The molecule has 2 heterocycles. The molecule has 1 N–H and O–H groups in total. The fourth-order valence-corrected chi connectivity index (χ4v) is 3.50. The Morgan fingerprint density at radius 3 is 2.74 bits per heavy atom. The van der Waals surface area contributed by atoms with E-state index in [0.29, 0.717) is 10.7 Å². The molecule has 1 aliphatic rings. The summed E-state index contributed by atoms with van der Waals surface area (Å²) in [5.74, 6) is 0.550. The maximum atomic E-state index is 5.50. The Bertz CT molecular complexity index is 654. The highest BCUT2D eigenvalue weighted by atomic mass is 32.1. The van der Waals surface area contributed by atoms with E-state index < -0.39 is 0 Å². The zero-order valence-electron chi connectivity index (χ0n) is 11.3. The molecular formula is C13H18N4OS. The second kappa shape index (κ2) is 4.59. The average Bonchev–Trinajstić information content (AvgIpc) is 2.76. The van der Waals surface area contributed by atoms with E-state index in [1.165, 1.54) is 25.6 Å². The Hall–Kier alpha value is -1.43. The van der Waals surface area contributed by atoms with Crippen LogP contribution in [0.15, 0.2) is 6.33 Å². The Morgan fingerprint density at radius 1 is 1.32 bits per heavy atom. The van der Waals surface area contributed by atoms with Gasteiger partial charge < -0.3 is 9.72 Å². The van der Waals surface area contributed by atoms with Gasteiger partial charge in [-0.2, -0.15) is 4.98 Å². The van der Waals surface area contributed by atoms with E-state index >= 15 is 0 Å². The molecule has 1 fully saturated rings. The van der Waals surface area contributed by atoms with Gasteiger partial charge in [-0.05, 0) is 32.0 Å². The number of nitrogens with zero attached hydrogens (tertiary/aromatic N) is 3. The van der Waals surface area contributed by atoms with Crippen molar-refractivity contribution in [1.29, 1.82) is 0 Å². The maximum Gasteiger partial charge on any atom is 0.242 e. The Kier molecular flexibility index (Phi) is 3.05. The van der Waals surface area contributed by atoms with Crippen LogP contribution >= 0.6 is 12.2 Å². The lowest BCUT2D eigenvalue weighted by Crippen LogP contribution is -2.32. The van der Waals surface area contributed by atoms with Gasteiger partial charge in [-0.1, -0.05) is 19.3 Å². The van der Waals surface area contributed by atoms with Crippen molar-refractivity contribution in [2.24, 2.45) is 0 Å². The van der Waals surface area contributed by atoms with Crippen molar-refractivity contribution in [3.05, 3.63) is 11.1 Å². The number of aromatic amines is 1. The molecule has 0 saturated heterocycles. The number of hydrogen-bond acceptors (Lipinski definition) is 4. The normalized spacial score (nSPS) is 18.6. The molecule has 2 aromatic rings. The Balaban J connectivity index is 2.23. The highest BCUT2D eigenvalue weighted by Crippen LogP contribution is 2.37.